The van der Waals surface area contributed by atoms with Gasteiger partial charge in [-0.3, -0.25) is 4.98 Å². The predicted molar refractivity (Wildman–Crippen MR) is 56.9 cm³/mol. The number of hydrogen-bond donors (Lipinski definition) is 0. The fraction of sp³-hybridized carbons (Fsp3) is 0.455. The summed E-state index contributed by atoms with van der Waals surface area (Å²) in [5, 5.41) is 8.67. The van der Waals surface area contributed by atoms with E-state index in [1.54, 1.807) is 0 Å². The van der Waals surface area contributed by atoms with Gasteiger partial charge in [-0.25, -0.2) is 0 Å². The van der Waals surface area contributed by atoms with Gasteiger partial charge in [0.1, 0.15) is 0 Å². The summed E-state index contributed by atoms with van der Waals surface area (Å²) >= 11 is 1.84. The van der Waals surface area contributed by atoms with Crippen molar-refractivity contribution in [3.05, 3.63) is 24.5 Å². The molecule has 0 atom stereocenters. The van der Waals surface area contributed by atoms with Gasteiger partial charge in [0.2, 0.25) is 0 Å². The Morgan fingerprint density at radius 1 is 1.43 bits per heavy atom. The second-order valence-corrected chi connectivity index (χ2v) is 4.86. The SMILES string of the molecule is N#CCC1(CSc2ccncc2)CC1. The Morgan fingerprint density at radius 3 is 2.71 bits per heavy atom. The van der Waals surface area contributed by atoms with Crippen molar-refractivity contribution in [2.45, 2.75) is 24.2 Å². The van der Waals surface area contributed by atoms with Gasteiger partial charge in [0.15, 0.2) is 0 Å². The summed E-state index contributed by atoms with van der Waals surface area (Å²) in [5.74, 6) is 1.07. The minimum absolute atomic E-state index is 0.336. The first-order valence-corrected chi connectivity index (χ1v) is 5.73. The minimum Gasteiger partial charge on any atom is -0.265 e. The molecule has 2 rings (SSSR count). The van der Waals surface area contributed by atoms with E-state index in [9.17, 15) is 0 Å². The first-order valence-electron chi connectivity index (χ1n) is 4.74. The van der Waals surface area contributed by atoms with E-state index in [-0.39, 0.29) is 0 Å². The number of pyridine rings is 1. The maximum Gasteiger partial charge on any atom is 0.0627 e. The van der Waals surface area contributed by atoms with Crippen LogP contribution in [0.2, 0.25) is 0 Å². The number of thioether (sulfide) groups is 1. The maximum absolute atomic E-state index is 8.67. The van der Waals surface area contributed by atoms with Crippen molar-refractivity contribution in [2.24, 2.45) is 5.41 Å². The van der Waals surface area contributed by atoms with Crippen molar-refractivity contribution >= 4 is 11.8 Å². The summed E-state index contributed by atoms with van der Waals surface area (Å²) in [6.45, 7) is 0. The zero-order chi connectivity index (χ0) is 9.86. The van der Waals surface area contributed by atoms with Gasteiger partial charge in [-0.15, -0.1) is 11.8 Å². The first kappa shape index (κ1) is 9.54. The molecule has 0 N–H and O–H groups in total. The summed E-state index contributed by atoms with van der Waals surface area (Å²) in [6, 6.07) is 6.32. The normalized spacial score (nSPS) is 17.4. The molecule has 0 amide bonds. The summed E-state index contributed by atoms with van der Waals surface area (Å²) in [6.07, 6.45) is 6.78. The molecule has 1 aliphatic carbocycles. The molecule has 0 radical (unpaired) electrons. The zero-order valence-corrected chi connectivity index (χ0v) is 8.76. The molecule has 1 aromatic heterocycles. The fourth-order valence-electron chi connectivity index (χ4n) is 1.39. The van der Waals surface area contributed by atoms with Crippen LogP contribution in [-0.4, -0.2) is 10.7 Å². The highest BCUT2D eigenvalue weighted by Crippen LogP contribution is 2.51. The number of nitriles is 1. The van der Waals surface area contributed by atoms with Gasteiger partial charge < -0.3 is 0 Å². The number of rotatable bonds is 4. The third kappa shape index (κ3) is 2.27. The lowest BCUT2D eigenvalue weighted by molar-refractivity contribution is 0.604. The number of nitrogens with zero attached hydrogens (tertiary/aromatic N) is 2. The topological polar surface area (TPSA) is 36.7 Å². The van der Waals surface area contributed by atoms with Crippen molar-refractivity contribution in [3.8, 4) is 6.07 Å². The maximum atomic E-state index is 8.67. The van der Waals surface area contributed by atoms with Crippen LogP contribution in [-0.2, 0) is 0 Å². The molecule has 0 bridgehead atoms. The summed E-state index contributed by atoms with van der Waals surface area (Å²) in [4.78, 5) is 5.23. The third-order valence-electron chi connectivity index (χ3n) is 2.61. The Hall–Kier alpha value is -1.01. The molecule has 0 aliphatic heterocycles. The van der Waals surface area contributed by atoms with Crippen LogP contribution in [0.3, 0.4) is 0 Å². The van der Waals surface area contributed by atoms with Crippen LogP contribution in [0.5, 0.6) is 0 Å². The third-order valence-corrected chi connectivity index (χ3v) is 3.97. The van der Waals surface area contributed by atoms with E-state index in [4.69, 9.17) is 5.26 Å². The Morgan fingerprint density at radius 2 is 2.14 bits per heavy atom. The molecule has 72 valence electrons. The zero-order valence-electron chi connectivity index (χ0n) is 7.94. The highest BCUT2D eigenvalue weighted by molar-refractivity contribution is 7.99. The molecule has 0 saturated heterocycles. The summed E-state index contributed by atoms with van der Waals surface area (Å²) in [7, 11) is 0. The van der Waals surface area contributed by atoms with Crippen LogP contribution in [0.4, 0.5) is 0 Å². The Kier molecular flexibility index (Phi) is 2.74. The van der Waals surface area contributed by atoms with E-state index in [0.717, 1.165) is 5.75 Å². The molecule has 3 heteroatoms. The van der Waals surface area contributed by atoms with Crippen molar-refractivity contribution in [2.75, 3.05) is 5.75 Å². The monoisotopic (exact) mass is 204 g/mol. The van der Waals surface area contributed by atoms with E-state index in [2.05, 4.69) is 11.1 Å². The van der Waals surface area contributed by atoms with Crippen LogP contribution >= 0.6 is 11.8 Å². The Balaban J connectivity index is 1.87. The van der Waals surface area contributed by atoms with E-state index in [1.165, 1.54) is 17.7 Å². The van der Waals surface area contributed by atoms with E-state index in [0.29, 0.717) is 11.8 Å². The summed E-state index contributed by atoms with van der Waals surface area (Å²) in [5.41, 5.74) is 0.336. The van der Waals surface area contributed by atoms with Gasteiger partial charge in [0.05, 0.1) is 6.07 Å². The van der Waals surface area contributed by atoms with Crippen molar-refractivity contribution < 1.29 is 0 Å². The average Bonchev–Trinajstić information content (AvgIpc) is 2.98. The molecule has 0 unspecified atom stereocenters. The second kappa shape index (κ2) is 4.02. The van der Waals surface area contributed by atoms with Crippen LogP contribution in [0.25, 0.3) is 0 Å². The van der Waals surface area contributed by atoms with Gasteiger partial charge in [0, 0.05) is 29.5 Å². The van der Waals surface area contributed by atoms with Crippen LogP contribution in [0, 0.1) is 16.7 Å². The Bertz CT molecular complexity index is 338. The second-order valence-electron chi connectivity index (χ2n) is 3.81. The molecule has 0 spiro atoms. The van der Waals surface area contributed by atoms with Crippen molar-refractivity contribution in [3.63, 3.8) is 0 Å². The average molecular weight is 204 g/mol. The van der Waals surface area contributed by atoms with E-state index < -0.39 is 0 Å². The van der Waals surface area contributed by atoms with Crippen molar-refractivity contribution in [1.29, 1.82) is 5.26 Å². The van der Waals surface area contributed by atoms with Gasteiger partial charge in [-0.05, 0) is 30.4 Å². The predicted octanol–water partition coefficient (Wildman–Crippen LogP) is 2.87. The first-order chi connectivity index (χ1) is 6.85. The van der Waals surface area contributed by atoms with Crippen LogP contribution in [0.15, 0.2) is 29.4 Å². The smallest absolute Gasteiger partial charge is 0.0627 e. The quantitative estimate of drug-likeness (QED) is 0.708. The minimum atomic E-state index is 0.336. The van der Waals surface area contributed by atoms with Gasteiger partial charge in [-0.2, -0.15) is 5.26 Å². The van der Waals surface area contributed by atoms with Gasteiger partial charge in [0.25, 0.3) is 0 Å². The molecule has 1 heterocycles. The molecule has 1 aromatic rings. The fourth-order valence-corrected chi connectivity index (χ4v) is 2.57. The number of hydrogen-bond acceptors (Lipinski definition) is 3. The van der Waals surface area contributed by atoms with Crippen LogP contribution in [0.1, 0.15) is 19.3 Å². The number of aromatic nitrogens is 1. The Labute approximate surface area is 88.4 Å². The van der Waals surface area contributed by atoms with Crippen molar-refractivity contribution in [1.82, 2.24) is 4.98 Å². The summed E-state index contributed by atoms with van der Waals surface area (Å²) < 4.78 is 0. The highest BCUT2D eigenvalue weighted by atomic mass is 32.2. The molecule has 1 saturated carbocycles. The largest absolute Gasteiger partial charge is 0.265 e. The molecule has 1 fully saturated rings. The molecular weight excluding hydrogens is 192 g/mol. The van der Waals surface area contributed by atoms with Gasteiger partial charge in [-0.1, -0.05) is 0 Å². The lowest BCUT2D eigenvalue weighted by Gasteiger charge is -2.09. The van der Waals surface area contributed by atoms with Crippen LogP contribution < -0.4 is 0 Å². The molecule has 1 aliphatic rings. The molecular formula is C11H12N2S. The lowest BCUT2D eigenvalue weighted by atomic mass is 10.1. The highest BCUT2D eigenvalue weighted by Gasteiger charge is 2.42. The van der Waals surface area contributed by atoms with E-state index >= 15 is 0 Å². The van der Waals surface area contributed by atoms with E-state index in [1.807, 2.05) is 36.3 Å². The lowest BCUT2D eigenvalue weighted by Crippen LogP contribution is -2.02. The molecule has 2 nitrogen and oxygen atoms in total. The standard InChI is InChI=1S/C11H12N2S/c12-6-5-11(3-4-11)9-14-10-1-7-13-8-2-10/h1-2,7-8H,3-5,9H2. The molecule has 14 heavy (non-hydrogen) atoms. The molecule has 0 aromatic carbocycles. The van der Waals surface area contributed by atoms with Gasteiger partial charge >= 0.3 is 0 Å².